The van der Waals surface area contributed by atoms with E-state index in [1.165, 1.54) is 0 Å². The summed E-state index contributed by atoms with van der Waals surface area (Å²) in [5, 5.41) is 0.165. The van der Waals surface area contributed by atoms with Crippen molar-refractivity contribution < 1.29 is 4.74 Å². The summed E-state index contributed by atoms with van der Waals surface area (Å²) < 4.78 is 7.47. The summed E-state index contributed by atoms with van der Waals surface area (Å²) >= 11 is 6.12. The summed E-state index contributed by atoms with van der Waals surface area (Å²) in [5.41, 5.74) is 8.23. The zero-order valence-electron chi connectivity index (χ0n) is 12.2. The number of aromatic nitrogens is 6. The quantitative estimate of drug-likeness (QED) is 0.714. The normalized spacial score (nSPS) is 16.0. The highest BCUT2D eigenvalue weighted by Crippen LogP contribution is 2.30. The zero-order valence-corrected chi connectivity index (χ0v) is 12.9. The van der Waals surface area contributed by atoms with Crippen LogP contribution in [0.2, 0.25) is 5.28 Å². The third kappa shape index (κ3) is 2.60. The van der Waals surface area contributed by atoms with E-state index in [-0.39, 0.29) is 11.2 Å². The molecular weight excluding hydrogens is 318 g/mol. The van der Waals surface area contributed by atoms with Crippen molar-refractivity contribution in [3.8, 4) is 11.3 Å². The van der Waals surface area contributed by atoms with Gasteiger partial charge in [0.1, 0.15) is 11.2 Å². The third-order valence-corrected chi connectivity index (χ3v) is 4.09. The van der Waals surface area contributed by atoms with E-state index >= 15 is 0 Å². The summed E-state index contributed by atoms with van der Waals surface area (Å²) in [6.07, 6.45) is 6.84. The van der Waals surface area contributed by atoms with Gasteiger partial charge in [-0.05, 0) is 24.4 Å². The van der Waals surface area contributed by atoms with Gasteiger partial charge in [-0.1, -0.05) is 0 Å². The van der Waals surface area contributed by atoms with Gasteiger partial charge < -0.3 is 15.0 Å². The molecule has 1 fully saturated rings. The summed E-state index contributed by atoms with van der Waals surface area (Å²) in [6, 6.07) is 0.301. The van der Waals surface area contributed by atoms with Crippen molar-refractivity contribution in [1.29, 1.82) is 0 Å². The molecule has 0 radical (unpaired) electrons. The van der Waals surface area contributed by atoms with Crippen LogP contribution in [-0.4, -0.2) is 42.7 Å². The first-order valence-corrected chi connectivity index (χ1v) is 7.66. The molecule has 0 atom stereocenters. The fourth-order valence-electron chi connectivity index (χ4n) is 2.78. The molecule has 9 heteroatoms. The van der Waals surface area contributed by atoms with Crippen LogP contribution in [0.3, 0.4) is 0 Å². The Morgan fingerprint density at radius 3 is 2.61 bits per heavy atom. The van der Waals surface area contributed by atoms with E-state index in [1.54, 1.807) is 18.7 Å². The topological polar surface area (TPSA) is 105 Å². The second-order valence-corrected chi connectivity index (χ2v) is 5.68. The zero-order chi connectivity index (χ0) is 15.8. The van der Waals surface area contributed by atoms with Gasteiger partial charge in [0.15, 0.2) is 5.65 Å². The predicted molar refractivity (Wildman–Crippen MR) is 84.9 cm³/mol. The Balaban J connectivity index is 1.86. The number of nitrogens with zero attached hydrogens (tertiary/aromatic N) is 6. The smallest absolute Gasteiger partial charge is 0.225 e. The molecule has 3 aromatic heterocycles. The second kappa shape index (κ2) is 5.71. The summed E-state index contributed by atoms with van der Waals surface area (Å²) in [4.78, 5) is 21.1. The van der Waals surface area contributed by atoms with Crippen LogP contribution in [0.25, 0.3) is 22.4 Å². The van der Waals surface area contributed by atoms with Crippen molar-refractivity contribution in [1.82, 2.24) is 29.5 Å². The van der Waals surface area contributed by atoms with Crippen molar-refractivity contribution in [3.63, 3.8) is 0 Å². The SMILES string of the molecule is Nc1ncc(-c2nc(Cl)nc3c2ncn3C2CCOCC2)cn1. The molecule has 0 aromatic carbocycles. The van der Waals surface area contributed by atoms with Crippen LogP contribution < -0.4 is 5.73 Å². The molecule has 1 aliphatic rings. The lowest BCUT2D eigenvalue weighted by Crippen LogP contribution is -2.19. The highest BCUT2D eigenvalue weighted by Gasteiger charge is 2.21. The number of ether oxygens (including phenoxy) is 1. The minimum absolute atomic E-state index is 0.165. The van der Waals surface area contributed by atoms with Crippen molar-refractivity contribution in [2.45, 2.75) is 18.9 Å². The van der Waals surface area contributed by atoms with Crippen LogP contribution in [0.4, 0.5) is 5.95 Å². The van der Waals surface area contributed by atoms with Gasteiger partial charge in [0.05, 0.1) is 6.33 Å². The fraction of sp³-hybridized carbons (Fsp3) is 0.357. The molecule has 0 unspecified atom stereocenters. The van der Waals surface area contributed by atoms with E-state index in [0.29, 0.717) is 28.5 Å². The number of anilines is 1. The van der Waals surface area contributed by atoms with E-state index in [2.05, 4.69) is 24.9 Å². The number of hydrogen-bond donors (Lipinski definition) is 1. The van der Waals surface area contributed by atoms with Crippen molar-refractivity contribution >= 4 is 28.7 Å². The van der Waals surface area contributed by atoms with Crippen molar-refractivity contribution in [2.75, 3.05) is 18.9 Å². The largest absolute Gasteiger partial charge is 0.381 e. The molecule has 4 rings (SSSR count). The van der Waals surface area contributed by atoms with Gasteiger partial charge in [-0.15, -0.1) is 0 Å². The molecule has 1 saturated heterocycles. The van der Waals surface area contributed by atoms with Gasteiger partial charge in [-0.2, -0.15) is 4.98 Å². The fourth-order valence-corrected chi connectivity index (χ4v) is 2.95. The molecule has 4 heterocycles. The number of rotatable bonds is 2. The molecule has 0 amide bonds. The van der Waals surface area contributed by atoms with E-state index in [1.807, 2.05) is 4.57 Å². The Hall–Kier alpha value is -2.32. The molecule has 118 valence electrons. The first kappa shape index (κ1) is 14.3. The predicted octanol–water partition coefficient (Wildman–Crippen LogP) is 1.87. The van der Waals surface area contributed by atoms with Crippen LogP contribution in [0.15, 0.2) is 18.7 Å². The van der Waals surface area contributed by atoms with Gasteiger partial charge in [-0.3, -0.25) is 0 Å². The van der Waals surface area contributed by atoms with Gasteiger partial charge >= 0.3 is 0 Å². The number of nitrogen functional groups attached to an aromatic ring is 1. The van der Waals surface area contributed by atoms with Crippen LogP contribution in [0.1, 0.15) is 18.9 Å². The molecule has 3 aromatic rings. The van der Waals surface area contributed by atoms with E-state index in [9.17, 15) is 0 Å². The van der Waals surface area contributed by atoms with E-state index in [4.69, 9.17) is 22.1 Å². The Kier molecular flexibility index (Phi) is 3.55. The monoisotopic (exact) mass is 331 g/mol. The number of hydrogen-bond acceptors (Lipinski definition) is 7. The van der Waals surface area contributed by atoms with Gasteiger partial charge in [0.2, 0.25) is 11.2 Å². The van der Waals surface area contributed by atoms with Crippen LogP contribution in [0.5, 0.6) is 0 Å². The minimum atomic E-state index is 0.165. The summed E-state index contributed by atoms with van der Waals surface area (Å²) in [6.45, 7) is 1.48. The van der Waals surface area contributed by atoms with Gasteiger partial charge in [0, 0.05) is 37.2 Å². The van der Waals surface area contributed by atoms with Crippen LogP contribution in [0, 0.1) is 0 Å². The van der Waals surface area contributed by atoms with Crippen LogP contribution >= 0.6 is 11.6 Å². The Morgan fingerprint density at radius 1 is 1.13 bits per heavy atom. The number of imidazole rings is 1. The average molecular weight is 332 g/mol. The maximum absolute atomic E-state index is 6.12. The molecule has 0 bridgehead atoms. The number of halogens is 1. The lowest BCUT2D eigenvalue weighted by molar-refractivity contribution is 0.0704. The molecule has 8 nitrogen and oxygen atoms in total. The lowest BCUT2D eigenvalue weighted by Gasteiger charge is -2.23. The molecule has 1 aliphatic heterocycles. The molecule has 0 saturated carbocycles. The first-order valence-electron chi connectivity index (χ1n) is 7.28. The average Bonchev–Trinajstić information content (AvgIpc) is 2.99. The Labute approximate surface area is 136 Å². The van der Waals surface area contributed by atoms with Crippen LogP contribution in [-0.2, 0) is 4.74 Å². The van der Waals surface area contributed by atoms with E-state index < -0.39 is 0 Å². The standard InChI is InChI=1S/C14H14ClN7O/c15-13-20-10(8-5-17-14(16)18-6-8)11-12(21-13)22(7-19-11)9-1-3-23-4-2-9/h5-7,9H,1-4H2,(H2,16,17,18). The summed E-state index contributed by atoms with van der Waals surface area (Å²) in [5.74, 6) is 0.206. The van der Waals surface area contributed by atoms with Crippen molar-refractivity contribution in [2.24, 2.45) is 0 Å². The molecule has 2 N–H and O–H groups in total. The molecule has 23 heavy (non-hydrogen) atoms. The van der Waals surface area contributed by atoms with E-state index in [0.717, 1.165) is 26.1 Å². The minimum Gasteiger partial charge on any atom is -0.381 e. The maximum atomic E-state index is 6.12. The number of fused-ring (bicyclic) bond motifs is 1. The Bertz CT molecular complexity index is 842. The first-order chi connectivity index (χ1) is 11.2. The van der Waals surface area contributed by atoms with Gasteiger partial charge in [0.25, 0.3) is 0 Å². The molecule has 0 aliphatic carbocycles. The highest BCUT2D eigenvalue weighted by atomic mass is 35.5. The second-order valence-electron chi connectivity index (χ2n) is 5.34. The summed E-state index contributed by atoms with van der Waals surface area (Å²) in [7, 11) is 0. The van der Waals surface area contributed by atoms with Gasteiger partial charge in [-0.25, -0.2) is 19.9 Å². The highest BCUT2D eigenvalue weighted by molar-refractivity contribution is 6.28. The molecular formula is C14H14ClN7O. The lowest BCUT2D eigenvalue weighted by atomic mass is 10.1. The molecule has 0 spiro atoms. The third-order valence-electron chi connectivity index (χ3n) is 3.92. The number of nitrogens with two attached hydrogens (primary N) is 1. The maximum Gasteiger partial charge on any atom is 0.225 e. The van der Waals surface area contributed by atoms with Crippen molar-refractivity contribution in [3.05, 3.63) is 24.0 Å². The Morgan fingerprint density at radius 2 is 1.87 bits per heavy atom.